The maximum Gasteiger partial charge on any atom is 0.162 e. The minimum atomic E-state index is -0.0611. The quantitative estimate of drug-likeness (QED) is 0.759. The maximum absolute atomic E-state index is 6.59. The SMILES string of the molecule is ClC(c1cc2c(cc1Br)OCCCO2)C1CCOC1. The molecule has 0 amide bonds. The van der Waals surface area contributed by atoms with Gasteiger partial charge in [-0.05, 0) is 24.1 Å². The standard InChI is InChI=1S/C14H16BrClO3/c15-11-7-13-12(18-3-1-4-19-13)6-10(11)14(16)9-2-5-17-8-9/h6-7,9,14H,1-5,8H2. The fourth-order valence-corrected chi connectivity index (χ4v) is 3.53. The van der Waals surface area contributed by atoms with Crippen LogP contribution in [0.25, 0.3) is 0 Å². The van der Waals surface area contributed by atoms with Crippen molar-refractivity contribution >= 4 is 27.5 Å². The second-order valence-electron chi connectivity index (χ2n) is 4.90. The van der Waals surface area contributed by atoms with E-state index in [1.165, 1.54) is 0 Å². The van der Waals surface area contributed by atoms with Gasteiger partial charge < -0.3 is 14.2 Å². The van der Waals surface area contributed by atoms with Crippen molar-refractivity contribution in [3.8, 4) is 11.5 Å². The molecular weight excluding hydrogens is 332 g/mol. The molecule has 0 saturated carbocycles. The lowest BCUT2D eigenvalue weighted by Crippen LogP contribution is -2.08. The zero-order chi connectivity index (χ0) is 13.2. The zero-order valence-corrected chi connectivity index (χ0v) is 12.9. The fourth-order valence-electron chi connectivity index (χ4n) is 2.45. The van der Waals surface area contributed by atoms with Gasteiger partial charge in [-0.25, -0.2) is 0 Å². The Morgan fingerprint density at radius 2 is 1.89 bits per heavy atom. The molecule has 1 aromatic rings. The van der Waals surface area contributed by atoms with Gasteiger partial charge in [0, 0.05) is 23.4 Å². The molecule has 2 heterocycles. The smallest absolute Gasteiger partial charge is 0.162 e. The van der Waals surface area contributed by atoms with Crippen molar-refractivity contribution in [1.29, 1.82) is 0 Å². The van der Waals surface area contributed by atoms with Gasteiger partial charge in [0.2, 0.25) is 0 Å². The van der Waals surface area contributed by atoms with E-state index in [0.717, 1.165) is 47.6 Å². The summed E-state index contributed by atoms with van der Waals surface area (Å²) in [4.78, 5) is 0. The van der Waals surface area contributed by atoms with Gasteiger partial charge in [-0.15, -0.1) is 11.6 Å². The van der Waals surface area contributed by atoms with Gasteiger partial charge in [-0.1, -0.05) is 15.9 Å². The number of benzene rings is 1. The molecule has 104 valence electrons. The van der Waals surface area contributed by atoms with Gasteiger partial charge in [0.25, 0.3) is 0 Å². The maximum atomic E-state index is 6.59. The third-order valence-corrected chi connectivity index (χ3v) is 4.82. The Balaban J connectivity index is 1.90. The van der Waals surface area contributed by atoms with Crippen molar-refractivity contribution in [2.24, 2.45) is 5.92 Å². The summed E-state index contributed by atoms with van der Waals surface area (Å²) < 4.78 is 17.8. The molecule has 2 unspecified atom stereocenters. The number of fused-ring (bicyclic) bond motifs is 1. The molecule has 2 aliphatic rings. The Morgan fingerprint density at radius 1 is 1.16 bits per heavy atom. The first-order chi connectivity index (χ1) is 9.25. The summed E-state index contributed by atoms with van der Waals surface area (Å²) in [5.41, 5.74) is 1.06. The topological polar surface area (TPSA) is 27.7 Å². The summed E-state index contributed by atoms with van der Waals surface area (Å²) in [6.45, 7) is 2.91. The molecule has 0 bridgehead atoms. The molecule has 3 rings (SSSR count). The lowest BCUT2D eigenvalue weighted by atomic mass is 9.98. The Labute approximate surface area is 126 Å². The van der Waals surface area contributed by atoms with E-state index in [-0.39, 0.29) is 5.38 Å². The minimum absolute atomic E-state index is 0.0611. The van der Waals surface area contributed by atoms with Crippen LogP contribution >= 0.6 is 27.5 Å². The Kier molecular flexibility index (Phi) is 4.20. The van der Waals surface area contributed by atoms with Crippen LogP contribution in [0.1, 0.15) is 23.8 Å². The predicted octanol–water partition coefficient (Wildman–Crippen LogP) is 3.93. The molecule has 19 heavy (non-hydrogen) atoms. The van der Waals surface area contributed by atoms with Gasteiger partial charge in [0.15, 0.2) is 11.5 Å². The molecule has 2 atom stereocenters. The van der Waals surface area contributed by atoms with Crippen molar-refractivity contribution in [3.05, 3.63) is 22.2 Å². The number of hydrogen-bond donors (Lipinski definition) is 0. The first-order valence-corrected chi connectivity index (χ1v) is 7.79. The first-order valence-electron chi connectivity index (χ1n) is 6.56. The van der Waals surface area contributed by atoms with Crippen LogP contribution in [0, 0.1) is 5.92 Å². The number of hydrogen-bond acceptors (Lipinski definition) is 3. The lowest BCUT2D eigenvalue weighted by molar-refractivity contribution is 0.185. The van der Waals surface area contributed by atoms with E-state index >= 15 is 0 Å². The molecular formula is C14H16BrClO3. The van der Waals surface area contributed by atoms with E-state index in [0.29, 0.717) is 19.1 Å². The van der Waals surface area contributed by atoms with Crippen LogP contribution in [-0.2, 0) is 4.74 Å². The molecule has 0 spiro atoms. The highest BCUT2D eigenvalue weighted by Crippen LogP contribution is 2.43. The lowest BCUT2D eigenvalue weighted by Gasteiger charge is -2.19. The fraction of sp³-hybridized carbons (Fsp3) is 0.571. The molecule has 0 aromatic heterocycles. The van der Waals surface area contributed by atoms with Crippen LogP contribution in [0.15, 0.2) is 16.6 Å². The second kappa shape index (κ2) is 5.90. The van der Waals surface area contributed by atoms with Crippen LogP contribution in [0.2, 0.25) is 0 Å². The highest BCUT2D eigenvalue weighted by Gasteiger charge is 2.28. The summed E-state index contributed by atoms with van der Waals surface area (Å²) in [6, 6.07) is 3.96. The van der Waals surface area contributed by atoms with E-state index in [2.05, 4.69) is 15.9 Å². The van der Waals surface area contributed by atoms with Crippen LogP contribution in [0.4, 0.5) is 0 Å². The van der Waals surface area contributed by atoms with Crippen molar-refractivity contribution < 1.29 is 14.2 Å². The van der Waals surface area contributed by atoms with Crippen molar-refractivity contribution in [2.75, 3.05) is 26.4 Å². The van der Waals surface area contributed by atoms with Gasteiger partial charge in [-0.3, -0.25) is 0 Å². The van der Waals surface area contributed by atoms with Gasteiger partial charge in [0.05, 0.1) is 25.2 Å². The largest absolute Gasteiger partial charge is 0.490 e. The minimum Gasteiger partial charge on any atom is -0.490 e. The molecule has 1 aromatic carbocycles. The zero-order valence-electron chi connectivity index (χ0n) is 10.5. The number of alkyl halides is 1. The predicted molar refractivity (Wildman–Crippen MR) is 77.3 cm³/mol. The molecule has 3 nitrogen and oxygen atoms in total. The molecule has 5 heteroatoms. The number of rotatable bonds is 2. The van der Waals surface area contributed by atoms with Crippen molar-refractivity contribution in [2.45, 2.75) is 18.2 Å². The third-order valence-electron chi connectivity index (χ3n) is 3.54. The summed E-state index contributed by atoms with van der Waals surface area (Å²) in [7, 11) is 0. The first kappa shape index (κ1) is 13.5. The summed E-state index contributed by atoms with van der Waals surface area (Å²) >= 11 is 10.2. The van der Waals surface area contributed by atoms with Crippen molar-refractivity contribution in [1.82, 2.24) is 0 Å². The monoisotopic (exact) mass is 346 g/mol. The molecule has 1 fully saturated rings. The Morgan fingerprint density at radius 3 is 2.58 bits per heavy atom. The highest BCUT2D eigenvalue weighted by molar-refractivity contribution is 9.10. The van der Waals surface area contributed by atoms with Gasteiger partial charge >= 0.3 is 0 Å². The van der Waals surface area contributed by atoms with E-state index in [4.69, 9.17) is 25.8 Å². The Bertz CT molecular complexity index is 460. The van der Waals surface area contributed by atoms with Crippen LogP contribution in [0.5, 0.6) is 11.5 Å². The molecule has 0 N–H and O–H groups in total. The Hall–Kier alpha value is -0.450. The van der Waals surface area contributed by atoms with Crippen LogP contribution < -0.4 is 9.47 Å². The summed E-state index contributed by atoms with van der Waals surface area (Å²) in [5, 5.41) is -0.0611. The number of halogens is 2. The van der Waals surface area contributed by atoms with Gasteiger partial charge in [-0.2, -0.15) is 0 Å². The van der Waals surface area contributed by atoms with E-state index in [1.54, 1.807) is 0 Å². The second-order valence-corrected chi connectivity index (χ2v) is 6.22. The van der Waals surface area contributed by atoms with E-state index < -0.39 is 0 Å². The van der Waals surface area contributed by atoms with Crippen molar-refractivity contribution in [3.63, 3.8) is 0 Å². The average molecular weight is 348 g/mol. The molecule has 1 saturated heterocycles. The summed E-state index contributed by atoms with van der Waals surface area (Å²) in [6.07, 6.45) is 1.91. The van der Waals surface area contributed by atoms with Gasteiger partial charge in [0.1, 0.15) is 0 Å². The molecule has 2 aliphatic heterocycles. The normalized spacial score (nSPS) is 24.0. The van der Waals surface area contributed by atoms with Crippen LogP contribution in [0.3, 0.4) is 0 Å². The number of ether oxygens (including phenoxy) is 3. The average Bonchev–Trinajstić information content (AvgIpc) is 2.84. The van der Waals surface area contributed by atoms with E-state index in [1.807, 2.05) is 12.1 Å². The van der Waals surface area contributed by atoms with E-state index in [9.17, 15) is 0 Å². The molecule has 0 radical (unpaired) electrons. The molecule has 0 aliphatic carbocycles. The highest BCUT2D eigenvalue weighted by atomic mass is 79.9. The van der Waals surface area contributed by atoms with Crippen LogP contribution in [-0.4, -0.2) is 26.4 Å². The summed E-state index contributed by atoms with van der Waals surface area (Å²) in [5.74, 6) is 1.95. The third kappa shape index (κ3) is 2.86.